The first-order valence-electron chi connectivity index (χ1n) is 12.4. The average Bonchev–Trinajstić information content (AvgIpc) is 3.28. The Balaban J connectivity index is 1.40. The second-order valence-electron chi connectivity index (χ2n) is 10.6. The lowest BCUT2D eigenvalue weighted by Gasteiger charge is -2.48. The minimum Gasteiger partial charge on any atom is -0.496 e. The summed E-state index contributed by atoms with van der Waals surface area (Å²) in [6, 6.07) is 15.2. The van der Waals surface area contributed by atoms with E-state index in [1.165, 1.54) is 5.69 Å². The third-order valence-corrected chi connectivity index (χ3v) is 7.70. The molecule has 1 atom stereocenters. The molecule has 0 saturated carbocycles. The number of rotatable bonds is 6. The smallest absolute Gasteiger partial charge is 0.133 e. The number of halogens is 1. The number of hydrogen-bond donors (Lipinski definition) is 1. The van der Waals surface area contributed by atoms with Gasteiger partial charge >= 0.3 is 0 Å². The summed E-state index contributed by atoms with van der Waals surface area (Å²) in [5.41, 5.74) is 5.21. The van der Waals surface area contributed by atoms with Gasteiger partial charge in [0.1, 0.15) is 11.6 Å². The van der Waals surface area contributed by atoms with Crippen LogP contribution < -0.4 is 9.64 Å². The van der Waals surface area contributed by atoms with Crippen LogP contribution in [0.15, 0.2) is 54.9 Å². The standard InChI is InChI=1S/C29H34ClN5O/c1-29(2)18-35(13-12-26(29)34(3)4)20-11-10-19(25(15-20)36-5)14-27-32-17-23(30)28(33-27)22-16-31-24-9-7-6-8-21(22)24/h6-11,15-17,26,31H,12-14,18H2,1-5H3. The van der Waals surface area contributed by atoms with Crippen molar-refractivity contribution in [2.75, 3.05) is 39.2 Å². The van der Waals surface area contributed by atoms with E-state index in [1.807, 2.05) is 24.4 Å². The van der Waals surface area contributed by atoms with Crippen LogP contribution in [-0.2, 0) is 6.42 Å². The van der Waals surface area contributed by atoms with E-state index in [-0.39, 0.29) is 5.41 Å². The van der Waals surface area contributed by atoms with Gasteiger partial charge in [-0.25, -0.2) is 9.97 Å². The van der Waals surface area contributed by atoms with E-state index in [2.05, 4.69) is 72.0 Å². The van der Waals surface area contributed by atoms with E-state index in [0.717, 1.165) is 53.0 Å². The molecule has 1 saturated heterocycles. The third kappa shape index (κ3) is 4.67. The number of aromatic nitrogens is 3. The summed E-state index contributed by atoms with van der Waals surface area (Å²) >= 11 is 6.54. The zero-order valence-corrected chi connectivity index (χ0v) is 22.4. The molecule has 2 aromatic carbocycles. The molecule has 1 aliphatic rings. The summed E-state index contributed by atoms with van der Waals surface area (Å²) in [4.78, 5) is 17.5. The lowest BCUT2D eigenvalue weighted by Crippen LogP contribution is -2.54. The molecule has 6 nitrogen and oxygen atoms in total. The molecule has 1 fully saturated rings. The molecule has 2 aromatic heterocycles. The van der Waals surface area contributed by atoms with E-state index >= 15 is 0 Å². The molecule has 0 bridgehead atoms. The number of anilines is 1. The summed E-state index contributed by atoms with van der Waals surface area (Å²) in [6.45, 7) is 6.76. The fourth-order valence-electron chi connectivity index (χ4n) is 5.71. The van der Waals surface area contributed by atoms with E-state index in [9.17, 15) is 0 Å². The van der Waals surface area contributed by atoms with Gasteiger partial charge in [-0.05, 0) is 38.1 Å². The summed E-state index contributed by atoms with van der Waals surface area (Å²) < 4.78 is 5.82. The Labute approximate surface area is 218 Å². The van der Waals surface area contributed by atoms with Gasteiger partial charge in [-0.1, -0.05) is 49.7 Å². The summed E-state index contributed by atoms with van der Waals surface area (Å²) in [7, 11) is 6.09. The number of aromatic amines is 1. The van der Waals surface area contributed by atoms with Crippen LogP contribution in [0.2, 0.25) is 5.02 Å². The van der Waals surface area contributed by atoms with Gasteiger partial charge in [0.05, 0.1) is 17.8 Å². The van der Waals surface area contributed by atoms with Gasteiger partial charge in [-0.15, -0.1) is 0 Å². The van der Waals surface area contributed by atoms with Gasteiger partial charge in [0.2, 0.25) is 0 Å². The van der Waals surface area contributed by atoms with Crippen LogP contribution in [0.3, 0.4) is 0 Å². The highest BCUT2D eigenvalue weighted by Gasteiger charge is 2.37. The first-order valence-corrected chi connectivity index (χ1v) is 12.8. The van der Waals surface area contributed by atoms with E-state index in [0.29, 0.717) is 23.3 Å². The normalized spacial score (nSPS) is 17.6. The quantitative estimate of drug-likeness (QED) is 0.347. The molecule has 5 rings (SSSR count). The highest BCUT2D eigenvalue weighted by atomic mass is 35.5. The first kappa shape index (κ1) is 24.6. The highest BCUT2D eigenvalue weighted by Crippen LogP contribution is 2.37. The van der Waals surface area contributed by atoms with Crippen LogP contribution in [-0.4, -0.2) is 60.2 Å². The minimum atomic E-state index is 0.198. The number of ether oxygens (including phenoxy) is 1. The monoisotopic (exact) mass is 503 g/mol. The zero-order valence-electron chi connectivity index (χ0n) is 21.7. The van der Waals surface area contributed by atoms with E-state index < -0.39 is 0 Å². The summed E-state index contributed by atoms with van der Waals surface area (Å²) in [6.07, 6.45) is 5.35. The molecule has 0 aliphatic carbocycles. The van der Waals surface area contributed by atoms with Crippen LogP contribution in [0, 0.1) is 5.41 Å². The summed E-state index contributed by atoms with van der Waals surface area (Å²) in [5.74, 6) is 1.56. The second-order valence-corrected chi connectivity index (χ2v) is 11.0. The second kappa shape index (κ2) is 9.75. The fourth-order valence-corrected chi connectivity index (χ4v) is 5.91. The fraction of sp³-hybridized carbons (Fsp3) is 0.379. The molecule has 7 heteroatoms. The molecule has 1 N–H and O–H groups in total. The Morgan fingerprint density at radius 3 is 2.75 bits per heavy atom. The van der Waals surface area contributed by atoms with Crippen molar-refractivity contribution in [3.8, 4) is 17.0 Å². The van der Waals surface area contributed by atoms with E-state index in [4.69, 9.17) is 21.3 Å². The number of piperidine rings is 1. The lowest BCUT2D eigenvalue weighted by molar-refractivity contribution is 0.112. The SMILES string of the molecule is COc1cc(N2CCC(N(C)C)C(C)(C)C2)ccc1Cc1ncc(Cl)c(-c2c[nH]c3ccccc23)n1. The van der Waals surface area contributed by atoms with Crippen molar-refractivity contribution >= 4 is 28.2 Å². The van der Waals surface area contributed by atoms with E-state index in [1.54, 1.807) is 13.3 Å². The number of benzene rings is 2. The van der Waals surface area contributed by atoms with Crippen molar-refractivity contribution < 1.29 is 4.74 Å². The third-order valence-electron chi connectivity index (χ3n) is 7.42. The average molecular weight is 504 g/mol. The van der Waals surface area contributed by atoms with Crippen LogP contribution in [0.5, 0.6) is 5.75 Å². The molecular weight excluding hydrogens is 470 g/mol. The maximum atomic E-state index is 6.54. The Hall–Kier alpha value is -3.09. The molecule has 3 heterocycles. The minimum absolute atomic E-state index is 0.198. The van der Waals surface area contributed by atoms with Crippen LogP contribution in [0.1, 0.15) is 31.7 Å². The van der Waals surface area contributed by atoms with Crippen molar-refractivity contribution in [1.82, 2.24) is 19.9 Å². The number of nitrogens with one attached hydrogen (secondary N) is 1. The highest BCUT2D eigenvalue weighted by molar-refractivity contribution is 6.33. The number of hydrogen-bond acceptors (Lipinski definition) is 5. The van der Waals surface area contributed by atoms with Crippen LogP contribution in [0.4, 0.5) is 5.69 Å². The number of methoxy groups -OCH3 is 1. The summed E-state index contributed by atoms with van der Waals surface area (Å²) in [5, 5.41) is 1.63. The number of nitrogens with zero attached hydrogens (tertiary/aromatic N) is 4. The maximum Gasteiger partial charge on any atom is 0.133 e. The largest absolute Gasteiger partial charge is 0.496 e. The molecule has 4 aromatic rings. The van der Waals surface area contributed by atoms with Crippen LogP contribution >= 0.6 is 11.6 Å². The molecule has 36 heavy (non-hydrogen) atoms. The number of para-hydroxylation sites is 1. The van der Waals surface area contributed by atoms with Gasteiger partial charge in [0.25, 0.3) is 0 Å². The van der Waals surface area contributed by atoms with Gasteiger partial charge in [-0.2, -0.15) is 0 Å². The zero-order chi connectivity index (χ0) is 25.4. The number of H-pyrrole nitrogens is 1. The van der Waals surface area contributed by atoms with Crippen molar-refractivity contribution in [2.24, 2.45) is 5.41 Å². The van der Waals surface area contributed by atoms with Crippen molar-refractivity contribution in [1.29, 1.82) is 0 Å². The molecule has 1 unspecified atom stereocenters. The Morgan fingerprint density at radius 2 is 2.00 bits per heavy atom. The Kier molecular flexibility index (Phi) is 6.66. The first-order chi connectivity index (χ1) is 17.3. The van der Waals surface area contributed by atoms with Crippen molar-refractivity contribution in [3.63, 3.8) is 0 Å². The van der Waals surface area contributed by atoms with Gasteiger partial charge in [0.15, 0.2) is 0 Å². The predicted octanol–water partition coefficient (Wildman–Crippen LogP) is 6.04. The molecule has 0 radical (unpaired) electrons. The van der Waals surface area contributed by atoms with Crippen molar-refractivity contribution in [2.45, 2.75) is 32.7 Å². The topological polar surface area (TPSA) is 57.3 Å². The predicted molar refractivity (Wildman–Crippen MR) is 148 cm³/mol. The van der Waals surface area contributed by atoms with Crippen molar-refractivity contribution in [3.05, 3.63) is 71.3 Å². The molecule has 188 valence electrons. The molecule has 0 amide bonds. The maximum absolute atomic E-state index is 6.54. The lowest BCUT2D eigenvalue weighted by atomic mass is 9.78. The Bertz CT molecular complexity index is 1380. The van der Waals surface area contributed by atoms with Crippen LogP contribution in [0.25, 0.3) is 22.2 Å². The Morgan fingerprint density at radius 1 is 1.19 bits per heavy atom. The molecule has 1 aliphatic heterocycles. The van der Waals surface area contributed by atoms with Gasteiger partial charge < -0.3 is 19.5 Å². The van der Waals surface area contributed by atoms with Gasteiger partial charge in [-0.3, -0.25) is 0 Å². The number of fused-ring (bicyclic) bond motifs is 1. The molecular formula is C29H34ClN5O. The molecule has 0 spiro atoms. The van der Waals surface area contributed by atoms with Gasteiger partial charge in [0, 0.05) is 71.7 Å².